The number of hydrogen-bond acceptors (Lipinski definition) is 10. The molecule has 0 spiro atoms. The van der Waals surface area contributed by atoms with E-state index in [2.05, 4.69) is 16.1 Å². The Balaban J connectivity index is 1.12. The number of rotatable bonds is 11. The number of amides is 3. The van der Waals surface area contributed by atoms with Gasteiger partial charge >= 0.3 is 18.0 Å². The van der Waals surface area contributed by atoms with Gasteiger partial charge in [-0.1, -0.05) is 18.2 Å². The highest BCUT2D eigenvalue weighted by Crippen LogP contribution is 2.41. The molecule has 14 nitrogen and oxygen atoms in total. The standard InChI is InChI=1S/C27H28N6O8S/c34-19(9-4-8-18(25(36)37)29-27(40)41-17-6-2-1-3-7-17)30-21-23(35)33-22(26(38)39)16(15-42-24(21)33)14-31-12-13-32-20(31)10-5-11-28-32/h1-3,5-7,10-13,18,21,24,28H,4,8-9,14-15H2,(H,29,40)(H,30,34)(H,36,37)(H,38,39)/t18?,21-,24+/m1/s1. The molecule has 0 bridgehead atoms. The minimum atomic E-state index is -1.28. The van der Waals surface area contributed by atoms with Crippen LogP contribution in [0.1, 0.15) is 19.3 Å². The van der Waals surface area contributed by atoms with Crippen molar-refractivity contribution in [3.8, 4) is 5.75 Å². The van der Waals surface area contributed by atoms with Gasteiger partial charge in [0.15, 0.2) is 0 Å². The molecule has 1 unspecified atom stereocenters. The van der Waals surface area contributed by atoms with Crippen molar-refractivity contribution in [1.82, 2.24) is 30.9 Å². The third kappa shape index (κ3) is 6.05. The number of fused-ring (bicyclic) bond motifs is 2. The smallest absolute Gasteiger partial charge is 0.413 e. The van der Waals surface area contributed by atoms with Crippen molar-refractivity contribution in [3.63, 3.8) is 0 Å². The van der Waals surface area contributed by atoms with Gasteiger partial charge in [0, 0.05) is 37.3 Å². The first-order valence-corrected chi connectivity index (χ1v) is 14.1. The zero-order valence-corrected chi connectivity index (χ0v) is 23.0. The average Bonchev–Trinajstić information content (AvgIpc) is 3.38. The molecule has 3 amide bonds. The van der Waals surface area contributed by atoms with Crippen molar-refractivity contribution in [2.75, 3.05) is 12.3 Å². The molecule has 5 N–H and O–H groups in total. The van der Waals surface area contributed by atoms with Crippen LogP contribution in [0.15, 0.2) is 78.2 Å². The minimum absolute atomic E-state index is 0.0467. The maximum atomic E-state index is 13.0. The van der Waals surface area contributed by atoms with Gasteiger partial charge in [-0.25, -0.2) is 19.4 Å². The topological polar surface area (TPSA) is 181 Å². The fourth-order valence-corrected chi connectivity index (χ4v) is 6.20. The average molecular weight is 597 g/mol. The van der Waals surface area contributed by atoms with E-state index in [1.807, 2.05) is 23.3 Å². The van der Waals surface area contributed by atoms with Crippen molar-refractivity contribution in [3.05, 3.63) is 78.2 Å². The molecule has 1 aromatic carbocycles. The summed E-state index contributed by atoms with van der Waals surface area (Å²) in [5, 5.41) is 25.5. The number of hydrogen-bond donors (Lipinski definition) is 5. The van der Waals surface area contributed by atoms with Crippen LogP contribution in [0.2, 0.25) is 0 Å². The number of hydrazine groups is 1. The van der Waals surface area contributed by atoms with Crippen LogP contribution in [-0.4, -0.2) is 84.6 Å². The monoisotopic (exact) mass is 596 g/mol. The minimum Gasteiger partial charge on any atom is -0.480 e. The SMILES string of the molecule is O=C(CCCC(NC(=O)Oc1ccccc1)C(=O)O)N[C@@H]1C(=O)N2C(C(=O)O)=C(CN3C=CN4NC=CC=C34)CS[C@@H]12. The quantitative estimate of drug-likeness (QED) is 0.230. The Morgan fingerprint density at radius 2 is 1.93 bits per heavy atom. The lowest BCUT2D eigenvalue weighted by Gasteiger charge is -2.49. The van der Waals surface area contributed by atoms with Crippen LogP contribution in [0.25, 0.3) is 0 Å². The maximum Gasteiger partial charge on any atom is 0.413 e. The molecule has 5 rings (SSSR count). The summed E-state index contributed by atoms with van der Waals surface area (Å²) in [6.45, 7) is 0.272. The number of carbonyl (C=O) groups is 5. The summed E-state index contributed by atoms with van der Waals surface area (Å²) in [6.07, 6.45) is 8.12. The second-order valence-electron chi connectivity index (χ2n) is 9.65. The number of ether oxygens (including phenoxy) is 1. The lowest BCUT2D eigenvalue weighted by Crippen LogP contribution is -2.70. The lowest BCUT2D eigenvalue weighted by molar-refractivity contribution is -0.150. The van der Waals surface area contributed by atoms with E-state index in [1.54, 1.807) is 47.7 Å². The molecule has 15 heteroatoms. The zero-order chi connectivity index (χ0) is 29.8. The van der Waals surface area contributed by atoms with Gasteiger partial charge in [0.05, 0.1) is 0 Å². The number of benzene rings is 1. The largest absolute Gasteiger partial charge is 0.480 e. The predicted molar refractivity (Wildman–Crippen MR) is 149 cm³/mol. The number of nitrogens with one attached hydrogen (secondary N) is 3. The molecule has 1 aromatic rings. The fourth-order valence-electron chi connectivity index (χ4n) is 4.86. The summed E-state index contributed by atoms with van der Waals surface area (Å²) >= 11 is 1.37. The van der Waals surface area contributed by atoms with Crippen LogP contribution >= 0.6 is 11.8 Å². The summed E-state index contributed by atoms with van der Waals surface area (Å²) in [5.41, 5.74) is 3.53. The number of allylic oxidation sites excluding steroid dienone is 2. The van der Waals surface area contributed by atoms with E-state index in [1.165, 1.54) is 16.7 Å². The van der Waals surface area contributed by atoms with Crippen molar-refractivity contribution in [1.29, 1.82) is 0 Å². The Hall–Kier alpha value is -4.92. The summed E-state index contributed by atoms with van der Waals surface area (Å²) in [6, 6.07) is 5.98. The van der Waals surface area contributed by atoms with Crippen LogP contribution in [0.4, 0.5) is 4.79 Å². The van der Waals surface area contributed by atoms with Crippen LogP contribution in [0.3, 0.4) is 0 Å². The van der Waals surface area contributed by atoms with E-state index in [9.17, 15) is 34.2 Å². The summed E-state index contributed by atoms with van der Waals surface area (Å²) in [4.78, 5) is 64.5. The molecule has 0 saturated carbocycles. The van der Waals surface area contributed by atoms with E-state index < -0.39 is 47.3 Å². The molecule has 1 saturated heterocycles. The highest BCUT2D eigenvalue weighted by atomic mass is 32.2. The molecule has 0 aliphatic carbocycles. The molecule has 0 aromatic heterocycles. The van der Waals surface area contributed by atoms with Gasteiger partial charge in [-0.15, -0.1) is 11.8 Å². The highest BCUT2D eigenvalue weighted by molar-refractivity contribution is 8.00. The van der Waals surface area contributed by atoms with E-state index in [4.69, 9.17) is 4.74 Å². The molecule has 4 aliphatic heterocycles. The first kappa shape index (κ1) is 28.6. The number of thioether (sulfide) groups is 1. The first-order chi connectivity index (χ1) is 20.2. The molecule has 1 fully saturated rings. The van der Waals surface area contributed by atoms with Gasteiger partial charge in [-0.3, -0.25) is 14.5 Å². The fraction of sp³-hybridized carbons (Fsp3) is 0.296. The lowest BCUT2D eigenvalue weighted by atomic mass is 10.0. The third-order valence-corrected chi connectivity index (χ3v) is 8.20. The van der Waals surface area contributed by atoms with Crippen LogP contribution in [0.5, 0.6) is 5.75 Å². The Bertz CT molecular complexity index is 1410. The number of para-hydroxylation sites is 1. The predicted octanol–water partition coefficient (Wildman–Crippen LogP) is 1.10. The number of nitrogens with zero attached hydrogens (tertiary/aromatic N) is 3. The molecule has 3 atom stereocenters. The summed E-state index contributed by atoms with van der Waals surface area (Å²) in [5.74, 6) is -2.08. The molecule has 220 valence electrons. The maximum absolute atomic E-state index is 13.0. The van der Waals surface area contributed by atoms with E-state index >= 15 is 0 Å². The van der Waals surface area contributed by atoms with Gasteiger partial charge in [0.1, 0.15) is 34.7 Å². The van der Waals surface area contributed by atoms with E-state index in [-0.39, 0.29) is 37.3 Å². The van der Waals surface area contributed by atoms with Crippen molar-refractivity contribution < 1.29 is 38.9 Å². The highest BCUT2D eigenvalue weighted by Gasteiger charge is 2.54. The van der Waals surface area contributed by atoms with E-state index in [0.29, 0.717) is 11.3 Å². The Labute approximate surface area is 244 Å². The number of β-lactam (4-membered cyclic amide) rings is 1. The van der Waals surface area contributed by atoms with Gasteiger partial charge in [0.25, 0.3) is 5.91 Å². The first-order valence-electron chi connectivity index (χ1n) is 13.1. The van der Waals surface area contributed by atoms with Crippen molar-refractivity contribution in [2.45, 2.75) is 36.7 Å². The molecule has 4 aliphatic rings. The Kier molecular flexibility index (Phi) is 8.38. The van der Waals surface area contributed by atoms with Crippen LogP contribution in [-0.2, 0) is 19.2 Å². The summed E-state index contributed by atoms with van der Waals surface area (Å²) < 4.78 is 5.05. The third-order valence-electron chi connectivity index (χ3n) is 6.86. The molecule has 4 heterocycles. The Morgan fingerprint density at radius 1 is 1.14 bits per heavy atom. The molecular formula is C27H28N6O8S. The molecular weight excluding hydrogens is 568 g/mol. The van der Waals surface area contributed by atoms with E-state index in [0.717, 1.165) is 5.82 Å². The van der Waals surface area contributed by atoms with Gasteiger partial charge < -0.3 is 35.9 Å². The number of aliphatic carboxylic acids is 2. The number of carboxylic acids is 2. The van der Waals surface area contributed by atoms with Crippen molar-refractivity contribution >= 4 is 41.6 Å². The van der Waals surface area contributed by atoms with Gasteiger partial charge in [-0.2, -0.15) is 0 Å². The zero-order valence-electron chi connectivity index (χ0n) is 22.1. The number of carboxylic acid groups (broad SMARTS) is 2. The second kappa shape index (κ2) is 12.3. The Morgan fingerprint density at radius 3 is 2.67 bits per heavy atom. The van der Waals surface area contributed by atoms with Crippen molar-refractivity contribution in [2.24, 2.45) is 0 Å². The number of carbonyl (C=O) groups excluding carboxylic acids is 3. The van der Waals surface area contributed by atoms with Gasteiger partial charge in [-0.05, 0) is 42.7 Å². The van der Waals surface area contributed by atoms with Crippen LogP contribution in [0, 0.1) is 0 Å². The summed E-state index contributed by atoms with van der Waals surface area (Å²) in [7, 11) is 0. The van der Waals surface area contributed by atoms with Crippen LogP contribution < -0.4 is 20.8 Å². The van der Waals surface area contributed by atoms with Gasteiger partial charge in [0.2, 0.25) is 5.91 Å². The molecule has 0 radical (unpaired) electrons. The second-order valence-corrected chi connectivity index (χ2v) is 10.8. The normalized spacial score (nSPS) is 21.0. The molecule has 42 heavy (non-hydrogen) atoms.